The van der Waals surface area contributed by atoms with Crippen molar-refractivity contribution in [2.45, 2.75) is 52.7 Å². The Bertz CT molecular complexity index is 422. The van der Waals surface area contributed by atoms with Crippen LogP contribution in [0.2, 0.25) is 0 Å². The number of hydrogen-bond acceptors (Lipinski definition) is 2. The number of hydrogen-bond donors (Lipinski definition) is 0. The van der Waals surface area contributed by atoms with Gasteiger partial charge in [0, 0.05) is 0 Å². The Labute approximate surface area is 111 Å². The zero-order valence-corrected chi connectivity index (χ0v) is 12.2. The van der Waals surface area contributed by atoms with Crippen molar-refractivity contribution in [3.8, 4) is 0 Å². The molecule has 0 saturated carbocycles. The van der Waals surface area contributed by atoms with E-state index in [2.05, 4.69) is 65.8 Å². The predicted molar refractivity (Wildman–Crippen MR) is 75.9 cm³/mol. The molecule has 0 amide bonds. The third-order valence-corrected chi connectivity index (χ3v) is 3.99. The largest absolute Gasteiger partial charge is 0.494 e. The average Bonchev–Trinajstić information content (AvgIpc) is 2.48. The highest BCUT2D eigenvalue weighted by atomic mass is 16.7. The Hall–Kier alpha value is -0.795. The minimum Gasteiger partial charge on any atom is -0.399 e. The van der Waals surface area contributed by atoms with Crippen molar-refractivity contribution in [3.05, 3.63) is 35.7 Å². The fraction of sp³-hybridized carbons (Fsp3) is 0.533. The maximum atomic E-state index is 6.05. The fourth-order valence-electron chi connectivity index (χ4n) is 1.98. The van der Waals surface area contributed by atoms with Gasteiger partial charge in [-0.15, -0.1) is 0 Å². The van der Waals surface area contributed by atoms with Crippen LogP contribution in [0.5, 0.6) is 0 Å². The maximum absolute atomic E-state index is 6.05. The third kappa shape index (κ3) is 2.34. The second-order valence-electron chi connectivity index (χ2n) is 6.21. The molecule has 0 aliphatic carbocycles. The summed E-state index contributed by atoms with van der Waals surface area (Å²) in [5.41, 5.74) is 1.77. The van der Waals surface area contributed by atoms with E-state index in [1.54, 1.807) is 0 Å². The Kier molecular flexibility index (Phi) is 3.33. The molecule has 1 heterocycles. The highest BCUT2D eigenvalue weighted by molar-refractivity contribution is 6.62. The molecule has 1 radical (unpaired) electrons. The van der Waals surface area contributed by atoms with Crippen LogP contribution < -0.4 is 5.46 Å². The van der Waals surface area contributed by atoms with E-state index in [-0.39, 0.29) is 18.3 Å². The summed E-state index contributed by atoms with van der Waals surface area (Å²) in [5.74, 6) is 1.30. The molecule has 2 rings (SSSR count). The van der Waals surface area contributed by atoms with Gasteiger partial charge in [-0.05, 0) is 44.6 Å². The predicted octanol–water partition coefficient (Wildman–Crippen LogP) is 2.95. The summed E-state index contributed by atoms with van der Waals surface area (Å²) in [5, 5.41) is 0. The molecule has 1 aromatic carbocycles. The van der Waals surface area contributed by atoms with Gasteiger partial charge in [-0.1, -0.05) is 38.1 Å². The fourth-order valence-corrected chi connectivity index (χ4v) is 1.98. The summed E-state index contributed by atoms with van der Waals surface area (Å²) >= 11 is 0. The van der Waals surface area contributed by atoms with Crippen LogP contribution in [0.1, 0.15) is 47.1 Å². The van der Waals surface area contributed by atoms with Crippen LogP contribution in [0, 0.1) is 5.92 Å². The Morgan fingerprint density at radius 1 is 1.00 bits per heavy atom. The van der Waals surface area contributed by atoms with Gasteiger partial charge in [0.1, 0.15) is 0 Å². The van der Waals surface area contributed by atoms with Crippen LogP contribution in [0.15, 0.2) is 24.3 Å². The Balaban J connectivity index is 2.27. The first-order valence-electron chi connectivity index (χ1n) is 6.49. The van der Waals surface area contributed by atoms with Gasteiger partial charge in [0.15, 0.2) is 0 Å². The van der Waals surface area contributed by atoms with E-state index >= 15 is 0 Å². The standard InChI is InChI=1S/C15H22BO2/c1-11(2)12-8-7-9-13(10-12)16-17-14(3,4)15(5,6)18-16/h7-10H,1-6H3. The second kappa shape index (κ2) is 4.39. The smallest absolute Gasteiger partial charge is 0.399 e. The molecule has 1 saturated heterocycles. The molecule has 1 fully saturated rings. The van der Waals surface area contributed by atoms with Crippen LogP contribution in [-0.4, -0.2) is 18.3 Å². The van der Waals surface area contributed by atoms with E-state index in [0.29, 0.717) is 0 Å². The summed E-state index contributed by atoms with van der Waals surface area (Å²) < 4.78 is 12.1. The average molecular weight is 245 g/mol. The summed E-state index contributed by atoms with van der Waals surface area (Å²) in [7, 11) is -0.269. The van der Waals surface area contributed by atoms with Gasteiger partial charge in [0.2, 0.25) is 0 Å². The van der Waals surface area contributed by atoms with Crippen molar-refractivity contribution in [1.82, 2.24) is 0 Å². The molecule has 0 N–H and O–H groups in total. The molecule has 0 aromatic heterocycles. The van der Waals surface area contributed by atoms with E-state index in [9.17, 15) is 0 Å². The quantitative estimate of drug-likeness (QED) is 0.746. The molecule has 0 spiro atoms. The molecule has 0 unspecified atom stereocenters. The summed E-state index contributed by atoms with van der Waals surface area (Å²) in [6, 6.07) is 8.39. The molecular weight excluding hydrogens is 223 g/mol. The molecule has 2 nitrogen and oxygen atoms in total. The second-order valence-corrected chi connectivity index (χ2v) is 6.21. The minimum atomic E-state index is -0.279. The summed E-state index contributed by atoms with van der Waals surface area (Å²) in [6.45, 7) is 12.5. The van der Waals surface area contributed by atoms with Gasteiger partial charge in [-0.3, -0.25) is 0 Å². The van der Waals surface area contributed by atoms with Gasteiger partial charge < -0.3 is 9.31 Å². The normalized spacial score (nSPS) is 21.6. The van der Waals surface area contributed by atoms with Crippen LogP contribution in [0.4, 0.5) is 0 Å². The van der Waals surface area contributed by atoms with E-state index in [1.807, 2.05) is 0 Å². The number of benzene rings is 1. The molecule has 3 heteroatoms. The van der Waals surface area contributed by atoms with E-state index in [4.69, 9.17) is 9.31 Å². The Morgan fingerprint density at radius 3 is 2.06 bits per heavy atom. The van der Waals surface area contributed by atoms with Gasteiger partial charge in [-0.25, -0.2) is 0 Å². The van der Waals surface area contributed by atoms with Crippen molar-refractivity contribution >= 4 is 12.6 Å². The van der Waals surface area contributed by atoms with Gasteiger partial charge in [0.05, 0.1) is 11.2 Å². The lowest BCUT2D eigenvalue weighted by Crippen LogP contribution is -2.41. The van der Waals surface area contributed by atoms with Crippen molar-refractivity contribution in [3.63, 3.8) is 0 Å². The van der Waals surface area contributed by atoms with Crippen molar-refractivity contribution in [2.24, 2.45) is 0 Å². The van der Waals surface area contributed by atoms with Crippen LogP contribution in [0.25, 0.3) is 0 Å². The van der Waals surface area contributed by atoms with Crippen LogP contribution >= 0.6 is 0 Å². The number of rotatable bonds is 2. The zero-order chi connectivity index (χ0) is 13.6. The Morgan fingerprint density at radius 2 is 1.56 bits per heavy atom. The molecule has 0 atom stereocenters. The van der Waals surface area contributed by atoms with Crippen molar-refractivity contribution in [1.29, 1.82) is 0 Å². The van der Waals surface area contributed by atoms with Crippen LogP contribution in [0.3, 0.4) is 0 Å². The molecule has 18 heavy (non-hydrogen) atoms. The van der Waals surface area contributed by atoms with Gasteiger partial charge >= 0.3 is 7.12 Å². The van der Waals surface area contributed by atoms with Crippen molar-refractivity contribution in [2.75, 3.05) is 0 Å². The zero-order valence-electron chi connectivity index (χ0n) is 12.2. The topological polar surface area (TPSA) is 18.5 Å². The van der Waals surface area contributed by atoms with E-state index < -0.39 is 0 Å². The first-order valence-corrected chi connectivity index (χ1v) is 6.49. The lowest BCUT2D eigenvalue weighted by molar-refractivity contribution is 0.00578. The van der Waals surface area contributed by atoms with Crippen LogP contribution in [-0.2, 0) is 9.31 Å². The lowest BCUT2D eigenvalue weighted by Gasteiger charge is -2.32. The monoisotopic (exact) mass is 245 g/mol. The maximum Gasteiger partial charge on any atom is 0.494 e. The van der Waals surface area contributed by atoms with E-state index in [0.717, 1.165) is 5.46 Å². The first kappa shape index (κ1) is 13.6. The summed E-state index contributed by atoms with van der Waals surface area (Å²) in [4.78, 5) is 0. The highest BCUT2D eigenvalue weighted by Crippen LogP contribution is 2.36. The minimum absolute atomic E-state index is 0.269. The molecule has 97 valence electrons. The molecule has 1 aromatic rings. The molecule has 1 aliphatic heterocycles. The molecular formula is C15H22BO2. The van der Waals surface area contributed by atoms with Gasteiger partial charge in [-0.2, -0.15) is 0 Å². The highest BCUT2D eigenvalue weighted by Gasteiger charge is 2.51. The third-order valence-electron chi connectivity index (χ3n) is 3.99. The lowest BCUT2D eigenvalue weighted by atomic mass is 9.77. The van der Waals surface area contributed by atoms with Gasteiger partial charge in [0.25, 0.3) is 0 Å². The van der Waals surface area contributed by atoms with Crippen molar-refractivity contribution < 1.29 is 9.31 Å². The summed E-state index contributed by atoms with van der Waals surface area (Å²) in [6.07, 6.45) is 0. The first-order chi connectivity index (χ1) is 8.23. The SMILES string of the molecule is C[C](C)c1cccc(B2OC(C)(C)C(C)(C)O2)c1. The molecule has 0 bridgehead atoms. The molecule has 1 aliphatic rings. The van der Waals surface area contributed by atoms with E-state index in [1.165, 1.54) is 11.5 Å².